The molecule has 0 aliphatic carbocycles. The minimum Gasteiger partial charge on any atom is -0.398 e. The average Bonchev–Trinajstić information content (AvgIpc) is 1.85. The molecule has 0 amide bonds. The van der Waals surface area contributed by atoms with E-state index in [1.54, 1.807) is 0 Å². The third-order valence-corrected chi connectivity index (χ3v) is 1.44. The number of hydrogen-bond donors (Lipinski definition) is 1. The molecule has 0 unspecified atom stereocenters. The van der Waals surface area contributed by atoms with Gasteiger partial charge >= 0.3 is 0 Å². The van der Waals surface area contributed by atoms with Gasteiger partial charge in [0.2, 0.25) is 0 Å². The second-order valence-electron chi connectivity index (χ2n) is 2.20. The van der Waals surface area contributed by atoms with E-state index in [1.807, 2.05) is 0 Å². The second-order valence-corrected chi connectivity index (χ2v) is 2.20. The number of nitrogens with zero attached hydrogens (tertiary/aromatic N) is 1. The van der Waals surface area contributed by atoms with Crippen molar-refractivity contribution in [1.82, 2.24) is 4.98 Å². The first-order valence-electron chi connectivity index (χ1n) is 3.12. The molecule has 1 aromatic rings. The number of aryl methyl sites for hydroxylation is 1. The SMILES string of the molecule is Cc1nccc(N)c1C(F)F. The van der Waals surface area contributed by atoms with Gasteiger partial charge in [-0.3, -0.25) is 4.98 Å². The van der Waals surface area contributed by atoms with Gasteiger partial charge in [-0.1, -0.05) is 0 Å². The lowest BCUT2D eigenvalue weighted by atomic mass is 10.2. The Morgan fingerprint density at radius 3 is 2.55 bits per heavy atom. The molecule has 1 heterocycles. The van der Waals surface area contributed by atoms with Crippen molar-refractivity contribution in [2.45, 2.75) is 13.3 Å². The quantitative estimate of drug-likeness (QED) is 0.678. The fourth-order valence-electron chi connectivity index (χ4n) is 0.881. The normalized spacial score (nSPS) is 10.5. The number of nitrogen functional groups attached to an aromatic ring is 1. The topological polar surface area (TPSA) is 38.9 Å². The van der Waals surface area contributed by atoms with Crippen LogP contribution in [-0.4, -0.2) is 4.98 Å². The molecular weight excluding hydrogens is 150 g/mol. The van der Waals surface area contributed by atoms with Crippen molar-refractivity contribution >= 4 is 5.69 Å². The molecule has 0 spiro atoms. The third kappa shape index (κ3) is 1.45. The Morgan fingerprint density at radius 1 is 1.55 bits per heavy atom. The molecule has 0 saturated carbocycles. The van der Waals surface area contributed by atoms with Gasteiger partial charge in [-0.2, -0.15) is 0 Å². The highest BCUT2D eigenvalue weighted by molar-refractivity contribution is 5.48. The molecule has 0 aromatic carbocycles. The van der Waals surface area contributed by atoms with E-state index in [1.165, 1.54) is 19.2 Å². The highest BCUT2D eigenvalue weighted by Gasteiger charge is 2.13. The average molecular weight is 158 g/mol. The van der Waals surface area contributed by atoms with E-state index in [-0.39, 0.29) is 11.3 Å². The zero-order chi connectivity index (χ0) is 8.43. The molecule has 0 radical (unpaired) electrons. The van der Waals surface area contributed by atoms with E-state index in [0.29, 0.717) is 5.69 Å². The summed E-state index contributed by atoms with van der Waals surface area (Å²) in [5, 5.41) is 0. The lowest BCUT2D eigenvalue weighted by Gasteiger charge is -2.05. The predicted molar refractivity (Wildman–Crippen MR) is 38.3 cm³/mol. The van der Waals surface area contributed by atoms with E-state index in [0.717, 1.165) is 0 Å². The fourth-order valence-corrected chi connectivity index (χ4v) is 0.881. The van der Waals surface area contributed by atoms with Crippen LogP contribution in [0.4, 0.5) is 14.5 Å². The van der Waals surface area contributed by atoms with Gasteiger partial charge in [0.15, 0.2) is 0 Å². The van der Waals surface area contributed by atoms with Gasteiger partial charge in [-0.25, -0.2) is 8.78 Å². The summed E-state index contributed by atoms with van der Waals surface area (Å²) in [6.45, 7) is 1.51. The number of rotatable bonds is 1. The molecule has 1 rings (SSSR count). The third-order valence-electron chi connectivity index (χ3n) is 1.44. The number of alkyl halides is 2. The molecular formula is C7H8F2N2. The maximum atomic E-state index is 12.2. The van der Waals surface area contributed by atoms with Crippen LogP contribution in [0.15, 0.2) is 12.3 Å². The smallest absolute Gasteiger partial charge is 0.267 e. The van der Waals surface area contributed by atoms with Crippen LogP contribution in [0.5, 0.6) is 0 Å². The number of hydrogen-bond acceptors (Lipinski definition) is 2. The summed E-state index contributed by atoms with van der Waals surface area (Å²) >= 11 is 0. The summed E-state index contributed by atoms with van der Waals surface area (Å²) in [6.07, 6.45) is -1.13. The van der Waals surface area contributed by atoms with Crippen LogP contribution in [0, 0.1) is 6.92 Å². The summed E-state index contributed by atoms with van der Waals surface area (Å²) < 4.78 is 24.3. The van der Waals surface area contributed by atoms with Crippen LogP contribution in [0.3, 0.4) is 0 Å². The zero-order valence-corrected chi connectivity index (χ0v) is 6.01. The Hall–Kier alpha value is -1.19. The monoisotopic (exact) mass is 158 g/mol. The zero-order valence-electron chi connectivity index (χ0n) is 6.01. The molecule has 60 valence electrons. The molecule has 2 nitrogen and oxygen atoms in total. The Bertz CT molecular complexity index is 240. The van der Waals surface area contributed by atoms with Crippen molar-refractivity contribution in [2.24, 2.45) is 0 Å². The Kier molecular flexibility index (Phi) is 2.03. The molecule has 0 bridgehead atoms. The van der Waals surface area contributed by atoms with Crippen LogP contribution in [0.1, 0.15) is 17.7 Å². The molecule has 0 atom stereocenters. The van der Waals surface area contributed by atoms with E-state index >= 15 is 0 Å². The number of anilines is 1. The van der Waals surface area contributed by atoms with Gasteiger partial charge in [0, 0.05) is 17.6 Å². The van der Waals surface area contributed by atoms with Gasteiger partial charge in [0.25, 0.3) is 6.43 Å². The van der Waals surface area contributed by atoms with Crippen molar-refractivity contribution in [3.8, 4) is 0 Å². The van der Waals surface area contributed by atoms with E-state index in [2.05, 4.69) is 4.98 Å². The lowest BCUT2D eigenvalue weighted by molar-refractivity contribution is 0.151. The predicted octanol–water partition coefficient (Wildman–Crippen LogP) is 1.91. The molecule has 0 aliphatic rings. The Morgan fingerprint density at radius 2 is 2.18 bits per heavy atom. The van der Waals surface area contributed by atoms with Crippen LogP contribution >= 0.6 is 0 Å². The minimum absolute atomic E-state index is 0.104. The molecule has 0 saturated heterocycles. The second kappa shape index (κ2) is 2.82. The summed E-state index contributed by atoms with van der Waals surface area (Å²) in [7, 11) is 0. The highest BCUT2D eigenvalue weighted by atomic mass is 19.3. The van der Waals surface area contributed by atoms with Gasteiger partial charge < -0.3 is 5.73 Å². The number of halogens is 2. The van der Waals surface area contributed by atoms with Crippen molar-refractivity contribution in [2.75, 3.05) is 5.73 Å². The number of nitrogens with two attached hydrogens (primary N) is 1. The van der Waals surface area contributed by atoms with Gasteiger partial charge in [-0.05, 0) is 13.0 Å². The Labute approximate surface area is 63.1 Å². The largest absolute Gasteiger partial charge is 0.398 e. The van der Waals surface area contributed by atoms with Crippen LogP contribution in [0.2, 0.25) is 0 Å². The van der Waals surface area contributed by atoms with E-state index in [4.69, 9.17) is 5.73 Å². The van der Waals surface area contributed by atoms with Crippen LogP contribution in [0.25, 0.3) is 0 Å². The number of aromatic nitrogens is 1. The first-order valence-corrected chi connectivity index (χ1v) is 3.12. The molecule has 0 fully saturated rings. The maximum Gasteiger partial charge on any atom is 0.267 e. The minimum atomic E-state index is -2.54. The fraction of sp³-hybridized carbons (Fsp3) is 0.286. The van der Waals surface area contributed by atoms with Crippen molar-refractivity contribution < 1.29 is 8.78 Å². The van der Waals surface area contributed by atoms with Crippen molar-refractivity contribution in [3.63, 3.8) is 0 Å². The maximum absolute atomic E-state index is 12.2. The van der Waals surface area contributed by atoms with Gasteiger partial charge in [0.05, 0.1) is 5.56 Å². The lowest BCUT2D eigenvalue weighted by Crippen LogP contribution is -1.99. The summed E-state index contributed by atoms with van der Waals surface area (Å²) in [5.74, 6) is 0. The van der Waals surface area contributed by atoms with E-state index in [9.17, 15) is 8.78 Å². The van der Waals surface area contributed by atoms with Gasteiger partial charge in [0.1, 0.15) is 0 Å². The summed E-state index contributed by atoms with van der Waals surface area (Å²) in [4.78, 5) is 3.70. The van der Waals surface area contributed by atoms with Crippen LogP contribution < -0.4 is 5.73 Å². The molecule has 0 aliphatic heterocycles. The van der Waals surface area contributed by atoms with E-state index < -0.39 is 6.43 Å². The molecule has 2 N–H and O–H groups in total. The first-order chi connectivity index (χ1) is 5.13. The molecule has 4 heteroatoms. The van der Waals surface area contributed by atoms with Crippen molar-refractivity contribution in [3.05, 3.63) is 23.5 Å². The standard InChI is InChI=1S/C7H8F2N2/c1-4-6(7(8)9)5(10)2-3-11-4/h2-3,7H,1H3,(H2,10,11). The van der Waals surface area contributed by atoms with Gasteiger partial charge in [-0.15, -0.1) is 0 Å². The summed E-state index contributed by atoms with van der Waals surface area (Å²) in [5.41, 5.74) is 5.54. The number of pyridine rings is 1. The molecule has 11 heavy (non-hydrogen) atoms. The summed E-state index contributed by atoms with van der Waals surface area (Å²) in [6, 6.07) is 1.37. The van der Waals surface area contributed by atoms with Crippen molar-refractivity contribution in [1.29, 1.82) is 0 Å². The molecule has 1 aromatic heterocycles. The highest BCUT2D eigenvalue weighted by Crippen LogP contribution is 2.26. The first kappa shape index (κ1) is 7.91. The van der Waals surface area contributed by atoms with Crippen LogP contribution in [-0.2, 0) is 0 Å². The Balaban J connectivity index is 3.21.